The average molecular weight is 384 g/mol. The number of nitrogens with zero attached hydrogens (tertiary/aromatic N) is 2. The van der Waals surface area contributed by atoms with Crippen molar-refractivity contribution in [3.63, 3.8) is 0 Å². The van der Waals surface area contributed by atoms with E-state index in [2.05, 4.69) is 23.2 Å². The lowest BCUT2D eigenvalue weighted by Crippen LogP contribution is -2.52. The Morgan fingerprint density at radius 3 is 2.61 bits per heavy atom. The van der Waals surface area contributed by atoms with Crippen LogP contribution in [0.2, 0.25) is 0 Å². The van der Waals surface area contributed by atoms with Gasteiger partial charge in [0.05, 0.1) is 0 Å². The number of carbonyl (C=O) groups is 3. The lowest BCUT2D eigenvalue weighted by Gasteiger charge is -2.33. The van der Waals surface area contributed by atoms with E-state index in [0.717, 1.165) is 43.6 Å². The molecule has 4 rings (SSSR count). The Balaban J connectivity index is 1.42. The van der Waals surface area contributed by atoms with Gasteiger partial charge < -0.3 is 10.6 Å². The summed E-state index contributed by atoms with van der Waals surface area (Å²) in [4.78, 5) is 40.5. The number of nitrogens with two attached hydrogens (primary N) is 1. The maximum absolute atomic E-state index is 12.9. The maximum atomic E-state index is 12.9. The van der Waals surface area contributed by atoms with Crippen molar-refractivity contribution in [3.05, 3.63) is 34.9 Å². The van der Waals surface area contributed by atoms with Crippen LogP contribution in [0.3, 0.4) is 0 Å². The van der Waals surface area contributed by atoms with E-state index in [9.17, 15) is 14.4 Å². The number of piperidine rings is 2. The van der Waals surface area contributed by atoms with Gasteiger partial charge in [-0.3, -0.25) is 24.6 Å². The second kappa shape index (κ2) is 7.64. The summed E-state index contributed by atoms with van der Waals surface area (Å²) < 4.78 is 0. The molecule has 3 amide bonds. The Hall–Kier alpha value is -2.25. The number of imide groups is 1. The fourth-order valence-electron chi connectivity index (χ4n) is 4.60. The van der Waals surface area contributed by atoms with Gasteiger partial charge in [-0.1, -0.05) is 12.1 Å². The SMILES string of the molecule is C[C@H](N)C1CCN(Cc2ccc3c(c2)C(=O)N(C2CCC(=O)NC2=O)C3)CC1. The molecule has 0 bridgehead atoms. The van der Waals surface area contributed by atoms with Gasteiger partial charge in [0.2, 0.25) is 11.8 Å². The van der Waals surface area contributed by atoms with Gasteiger partial charge in [-0.05, 0) is 62.4 Å². The van der Waals surface area contributed by atoms with Crippen molar-refractivity contribution in [2.24, 2.45) is 11.7 Å². The molecule has 3 heterocycles. The van der Waals surface area contributed by atoms with Crippen LogP contribution in [0.5, 0.6) is 0 Å². The zero-order valence-corrected chi connectivity index (χ0v) is 16.3. The molecule has 0 aliphatic carbocycles. The standard InChI is InChI=1S/C21H28N4O3/c1-13(22)15-6-8-24(9-7-15)11-14-2-3-16-12-25(21(28)17(16)10-14)18-4-5-19(26)23-20(18)27/h2-3,10,13,15,18H,4-9,11-12,22H2,1H3,(H,23,26,27)/t13-,18?/m0/s1. The van der Waals surface area contributed by atoms with Gasteiger partial charge in [0.1, 0.15) is 6.04 Å². The number of benzene rings is 1. The van der Waals surface area contributed by atoms with Gasteiger partial charge >= 0.3 is 0 Å². The van der Waals surface area contributed by atoms with E-state index in [1.54, 1.807) is 4.90 Å². The van der Waals surface area contributed by atoms with Crippen LogP contribution in [0.15, 0.2) is 18.2 Å². The summed E-state index contributed by atoms with van der Waals surface area (Å²) in [5.74, 6) is -0.142. The third-order valence-corrected chi connectivity index (χ3v) is 6.37. The molecule has 3 aliphatic heterocycles. The zero-order valence-electron chi connectivity index (χ0n) is 16.3. The summed E-state index contributed by atoms with van der Waals surface area (Å²) in [7, 11) is 0. The first-order chi connectivity index (χ1) is 13.4. The fraction of sp³-hybridized carbons (Fsp3) is 0.571. The van der Waals surface area contributed by atoms with Gasteiger partial charge in [0.15, 0.2) is 0 Å². The third-order valence-electron chi connectivity index (χ3n) is 6.37. The molecule has 0 spiro atoms. The molecular weight excluding hydrogens is 356 g/mol. The van der Waals surface area contributed by atoms with Crippen LogP contribution < -0.4 is 11.1 Å². The Morgan fingerprint density at radius 1 is 1.18 bits per heavy atom. The smallest absolute Gasteiger partial charge is 0.255 e. The van der Waals surface area contributed by atoms with Crippen LogP contribution in [0.25, 0.3) is 0 Å². The Kier molecular flexibility index (Phi) is 5.21. The Labute approximate surface area is 165 Å². The van der Waals surface area contributed by atoms with Crippen LogP contribution >= 0.6 is 0 Å². The highest BCUT2D eigenvalue weighted by atomic mass is 16.2. The molecule has 1 aromatic rings. The number of hydrogen-bond donors (Lipinski definition) is 2. The summed E-state index contributed by atoms with van der Waals surface area (Å²) in [5.41, 5.74) is 8.79. The number of nitrogens with one attached hydrogen (secondary N) is 1. The summed E-state index contributed by atoms with van der Waals surface area (Å²) in [6, 6.07) is 5.75. The molecule has 0 saturated carbocycles. The first-order valence-corrected chi connectivity index (χ1v) is 10.2. The fourth-order valence-corrected chi connectivity index (χ4v) is 4.60. The number of carbonyl (C=O) groups excluding carboxylic acids is 3. The van der Waals surface area contributed by atoms with Crippen molar-refractivity contribution < 1.29 is 14.4 Å². The minimum Gasteiger partial charge on any atom is -0.328 e. The predicted octanol–water partition coefficient (Wildman–Crippen LogP) is 1.01. The van der Waals surface area contributed by atoms with Crippen LogP contribution in [0.1, 0.15) is 54.1 Å². The van der Waals surface area contributed by atoms with Crippen molar-refractivity contribution in [3.8, 4) is 0 Å². The second-order valence-electron chi connectivity index (χ2n) is 8.36. The minimum absolute atomic E-state index is 0.109. The lowest BCUT2D eigenvalue weighted by molar-refractivity contribution is -0.136. The van der Waals surface area contributed by atoms with E-state index in [-0.39, 0.29) is 30.2 Å². The molecule has 28 heavy (non-hydrogen) atoms. The van der Waals surface area contributed by atoms with E-state index >= 15 is 0 Å². The summed E-state index contributed by atoms with van der Waals surface area (Å²) in [6.45, 7) is 5.39. The van der Waals surface area contributed by atoms with E-state index in [1.165, 1.54) is 0 Å². The Morgan fingerprint density at radius 2 is 1.93 bits per heavy atom. The zero-order chi connectivity index (χ0) is 19.8. The molecule has 7 nitrogen and oxygen atoms in total. The van der Waals surface area contributed by atoms with E-state index < -0.39 is 6.04 Å². The molecule has 150 valence electrons. The molecule has 7 heteroatoms. The van der Waals surface area contributed by atoms with Crippen molar-refractivity contribution in [2.45, 2.75) is 57.8 Å². The molecule has 2 fully saturated rings. The molecule has 3 N–H and O–H groups in total. The predicted molar refractivity (Wildman–Crippen MR) is 104 cm³/mol. The van der Waals surface area contributed by atoms with Crippen molar-refractivity contribution >= 4 is 17.7 Å². The molecule has 1 unspecified atom stereocenters. The highest BCUT2D eigenvalue weighted by molar-refractivity contribution is 6.05. The highest BCUT2D eigenvalue weighted by Crippen LogP contribution is 2.29. The average Bonchev–Trinajstić information content (AvgIpc) is 2.98. The van der Waals surface area contributed by atoms with Gasteiger partial charge in [0.25, 0.3) is 5.91 Å². The van der Waals surface area contributed by atoms with Crippen LogP contribution in [-0.2, 0) is 22.7 Å². The van der Waals surface area contributed by atoms with Gasteiger partial charge in [-0.15, -0.1) is 0 Å². The number of amides is 3. The van der Waals surface area contributed by atoms with Crippen molar-refractivity contribution in [2.75, 3.05) is 13.1 Å². The Bertz CT molecular complexity index is 799. The number of fused-ring (bicyclic) bond motifs is 1. The third kappa shape index (κ3) is 3.69. The van der Waals surface area contributed by atoms with E-state index in [0.29, 0.717) is 24.4 Å². The summed E-state index contributed by atoms with van der Waals surface area (Å²) in [5, 5.41) is 2.34. The highest BCUT2D eigenvalue weighted by Gasteiger charge is 2.39. The monoisotopic (exact) mass is 384 g/mol. The van der Waals surface area contributed by atoms with Crippen molar-refractivity contribution in [1.82, 2.24) is 15.1 Å². The van der Waals surface area contributed by atoms with E-state index in [1.807, 2.05) is 12.1 Å². The first kappa shape index (κ1) is 19.1. The second-order valence-corrected chi connectivity index (χ2v) is 8.36. The normalized spacial score (nSPS) is 25.0. The van der Waals surface area contributed by atoms with Crippen LogP contribution in [0.4, 0.5) is 0 Å². The summed E-state index contributed by atoms with van der Waals surface area (Å²) >= 11 is 0. The molecule has 2 saturated heterocycles. The summed E-state index contributed by atoms with van der Waals surface area (Å²) in [6.07, 6.45) is 2.90. The first-order valence-electron chi connectivity index (χ1n) is 10.2. The topological polar surface area (TPSA) is 95.7 Å². The van der Waals surface area contributed by atoms with Gasteiger partial charge in [-0.25, -0.2) is 0 Å². The molecule has 0 radical (unpaired) electrons. The van der Waals surface area contributed by atoms with Crippen molar-refractivity contribution in [1.29, 1.82) is 0 Å². The lowest BCUT2D eigenvalue weighted by atomic mass is 9.91. The van der Waals surface area contributed by atoms with E-state index in [4.69, 9.17) is 5.73 Å². The molecule has 3 aliphatic rings. The largest absolute Gasteiger partial charge is 0.328 e. The minimum atomic E-state index is -0.557. The maximum Gasteiger partial charge on any atom is 0.255 e. The van der Waals surface area contributed by atoms with Gasteiger partial charge in [0, 0.05) is 31.1 Å². The number of likely N-dealkylation sites (tertiary alicyclic amines) is 1. The van der Waals surface area contributed by atoms with Crippen LogP contribution in [0, 0.1) is 5.92 Å². The van der Waals surface area contributed by atoms with Gasteiger partial charge in [-0.2, -0.15) is 0 Å². The number of rotatable bonds is 4. The number of hydrogen-bond acceptors (Lipinski definition) is 5. The molecule has 1 aromatic carbocycles. The molecule has 2 atom stereocenters. The quantitative estimate of drug-likeness (QED) is 0.756. The van der Waals surface area contributed by atoms with Crippen LogP contribution in [-0.4, -0.2) is 52.7 Å². The molecular formula is C21H28N4O3. The molecule has 0 aromatic heterocycles.